The summed E-state index contributed by atoms with van der Waals surface area (Å²) in [5, 5.41) is 12.1. The van der Waals surface area contributed by atoms with Crippen molar-refractivity contribution < 1.29 is 23.6 Å². The van der Waals surface area contributed by atoms with Crippen LogP contribution in [0.4, 0.5) is 4.39 Å². The summed E-state index contributed by atoms with van der Waals surface area (Å²) in [6.07, 6.45) is 0. The number of ether oxygens (including phenoxy) is 1. The van der Waals surface area contributed by atoms with Crippen LogP contribution in [0.1, 0.15) is 11.7 Å². The number of benzene rings is 1. The molecule has 1 aromatic heterocycles. The number of hydrogen-bond acceptors (Lipinski definition) is 6. The van der Waals surface area contributed by atoms with Crippen LogP contribution in [0, 0.1) is 5.82 Å². The fourth-order valence-electron chi connectivity index (χ4n) is 1.34. The summed E-state index contributed by atoms with van der Waals surface area (Å²) >= 11 is 1.37. The number of hydrogen-bond donors (Lipinski definition) is 1. The lowest BCUT2D eigenvalue weighted by Gasteiger charge is -1.97. The van der Waals surface area contributed by atoms with Gasteiger partial charge in [0.1, 0.15) is 19.0 Å². The molecule has 0 bridgehead atoms. The molecule has 0 saturated heterocycles. The maximum Gasteiger partial charge on any atom is 0.329 e. The summed E-state index contributed by atoms with van der Waals surface area (Å²) < 4.78 is 22.7. The van der Waals surface area contributed by atoms with E-state index < -0.39 is 12.6 Å². The van der Waals surface area contributed by atoms with E-state index in [2.05, 4.69) is 10.1 Å². The number of thioether (sulfide) groups is 1. The van der Waals surface area contributed by atoms with Crippen molar-refractivity contribution >= 4 is 17.7 Å². The van der Waals surface area contributed by atoms with Crippen LogP contribution in [0.15, 0.2) is 33.7 Å². The van der Waals surface area contributed by atoms with Crippen molar-refractivity contribution in [2.75, 3.05) is 6.61 Å². The van der Waals surface area contributed by atoms with E-state index in [1.807, 2.05) is 0 Å². The van der Waals surface area contributed by atoms with E-state index in [0.29, 0.717) is 11.6 Å². The van der Waals surface area contributed by atoms with Crippen molar-refractivity contribution in [3.8, 4) is 0 Å². The second kappa shape index (κ2) is 7.01. The van der Waals surface area contributed by atoms with Gasteiger partial charge in [-0.2, -0.15) is 4.98 Å². The van der Waals surface area contributed by atoms with E-state index in [1.54, 1.807) is 12.1 Å². The first-order valence-electron chi connectivity index (χ1n) is 5.63. The van der Waals surface area contributed by atoms with Gasteiger partial charge in [-0.3, -0.25) is 0 Å². The quantitative estimate of drug-likeness (QED) is 0.783. The minimum absolute atomic E-state index is 0.0517. The number of carboxylic acids is 1. The highest BCUT2D eigenvalue weighted by Gasteiger charge is 2.08. The van der Waals surface area contributed by atoms with Crippen molar-refractivity contribution in [3.05, 3.63) is 41.8 Å². The number of aliphatic carboxylic acids is 1. The Hall–Kier alpha value is -1.93. The minimum Gasteiger partial charge on any atom is -0.480 e. The average molecular weight is 298 g/mol. The molecule has 0 saturated carbocycles. The van der Waals surface area contributed by atoms with Gasteiger partial charge in [-0.15, -0.1) is 11.8 Å². The molecule has 0 unspecified atom stereocenters. The van der Waals surface area contributed by atoms with Crippen molar-refractivity contribution in [1.82, 2.24) is 10.1 Å². The maximum atomic E-state index is 13.0. The highest BCUT2D eigenvalue weighted by Crippen LogP contribution is 2.22. The van der Waals surface area contributed by atoms with Gasteiger partial charge in [0.2, 0.25) is 0 Å². The largest absolute Gasteiger partial charge is 0.480 e. The van der Waals surface area contributed by atoms with Gasteiger partial charge < -0.3 is 14.4 Å². The molecule has 0 spiro atoms. The van der Waals surface area contributed by atoms with Crippen LogP contribution in [0.2, 0.25) is 0 Å². The fraction of sp³-hybridized carbons (Fsp3) is 0.250. The van der Waals surface area contributed by atoms with Crippen LogP contribution in [-0.4, -0.2) is 27.8 Å². The number of rotatable bonds is 7. The van der Waals surface area contributed by atoms with Gasteiger partial charge in [-0.25, -0.2) is 9.18 Å². The Morgan fingerprint density at radius 2 is 2.35 bits per heavy atom. The molecule has 0 radical (unpaired) electrons. The molecule has 2 rings (SSSR count). The van der Waals surface area contributed by atoms with Crippen LogP contribution >= 0.6 is 11.8 Å². The number of halogens is 1. The lowest BCUT2D eigenvalue weighted by atomic mass is 10.4. The molecule has 106 valence electrons. The molecule has 0 fully saturated rings. The molecule has 0 aliphatic rings. The smallest absolute Gasteiger partial charge is 0.329 e. The summed E-state index contributed by atoms with van der Waals surface area (Å²) in [6.45, 7) is -0.473. The number of aromatic nitrogens is 2. The molecule has 0 atom stereocenters. The van der Waals surface area contributed by atoms with Crippen LogP contribution in [0.3, 0.4) is 0 Å². The molecule has 1 heterocycles. The van der Waals surface area contributed by atoms with E-state index in [9.17, 15) is 9.18 Å². The van der Waals surface area contributed by atoms with Crippen molar-refractivity contribution in [2.24, 2.45) is 0 Å². The zero-order valence-corrected chi connectivity index (χ0v) is 11.1. The summed E-state index contributed by atoms with van der Waals surface area (Å²) in [6, 6.07) is 6.20. The molecular weight excluding hydrogens is 287 g/mol. The molecular formula is C12H11FN2O4S. The van der Waals surface area contributed by atoms with E-state index in [0.717, 1.165) is 4.90 Å². The van der Waals surface area contributed by atoms with Gasteiger partial charge in [0.15, 0.2) is 5.82 Å². The van der Waals surface area contributed by atoms with Crippen molar-refractivity contribution in [3.63, 3.8) is 0 Å². The zero-order valence-electron chi connectivity index (χ0n) is 10.3. The van der Waals surface area contributed by atoms with Crippen LogP contribution in [-0.2, 0) is 21.9 Å². The van der Waals surface area contributed by atoms with Crippen molar-refractivity contribution in [1.29, 1.82) is 0 Å². The van der Waals surface area contributed by atoms with Crippen LogP contribution in [0.25, 0.3) is 0 Å². The summed E-state index contributed by atoms with van der Waals surface area (Å²) in [5.74, 6) is -0.294. The molecule has 0 aliphatic heterocycles. The molecule has 0 amide bonds. The first-order valence-corrected chi connectivity index (χ1v) is 6.61. The van der Waals surface area contributed by atoms with Gasteiger partial charge in [-0.1, -0.05) is 11.2 Å². The Labute approximate surface area is 117 Å². The average Bonchev–Trinajstić information content (AvgIpc) is 2.84. The van der Waals surface area contributed by atoms with Gasteiger partial charge >= 0.3 is 5.97 Å². The monoisotopic (exact) mass is 298 g/mol. The third-order valence-corrected chi connectivity index (χ3v) is 3.12. The molecule has 6 nitrogen and oxygen atoms in total. The second-order valence-electron chi connectivity index (χ2n) is 3.74. The molecule has 20 heavy (non-hydrogen) atoms. The lowest BCUT2D eigenvalue weighted by molar-refractivity contribution is -0.142. The van der Waals surface area contributed by atoms with Crippen LogP contribution in [0.5, 0.6) is 0 Å². The molecule has 0 aliphatic carbocycles. The third kappa shape index (κ3) is 4.63. The highest BCUT2D eigenvalue weighted by atomic mass is 32.2. The highest BCUT2D eigenvalue weighted by molar-refractivity contribution is 7.98. The molecule has 2 aromatic rings. The summed E-state index contributed by atoms with van der Waals surface area (Å²) in [5.41, 5.74) is 0. The van der Waals surface area contributed by atoms with E-state index in [1.165, 1.54) is 23.9 Å². The van der Waals surface area contributed by atoms with Gasteiger partial charge in [0.05, 0.1) is 5.75 Å². The number of carbonyl (C=O) groups is 1. The van der Waals surface area contributed by atoms with Crippen molar-refractivity contribution in [2.45, 2.75) is 17.3 Å². The van der Waals surface area contributed by atoms with Gasteiger partial charge in [0, 0.05) is 4.90 Å². The van der Waals surface area contributed by atoms with E-state index >= 15 is 0 Å². The Morgan fingerprint density at radius 1 is 1.50 bits per heavy atom. The Kier molecular flexibility index (Phi) is 5.08. The van der Waals surface area contributed by atoms with Gasteiger partial charge in [-0.05, 0) is 18.2 Å². The Balaban J connectivity index is 1.82. The second-order valence-corrected chi connectivity index (χ2v) is 4.79. The molecule has 1 N–H and O–H groups in total. The van der Waals surface area contributed by atoms with E-state index in [-0.39, 0.29) is 18.3 Å². The fourth-order valence-corrected chi connectivity index (χ4v) is 2.12. The Bertz CT molecular complexity index is 590. The number of nitrogens with zero attached hydrogens (tertiary/aromatic N) is 2. The predicted molar refractivity (Wildman–Crippen MR) is 67.6 cm³/mol. The van der Waals surface area contributed by atoms with Gasteiger partial charge in [0.25, 0.3) is 5.89 Å². The first-order chi connectivity index (χ1) is 9.63. The normalized spacial score (nSPS) is 10.7. The lowest BCUT2D eigenvalue weighted by Crippen LogP contribution is -2.06. The first kappa shape index (κ1) is 14.5. The number of carboxylic acid groups (broad SMARTS) is 1. The Morgan fingerprint density at radius 3 is 3.10 bits per heavy atom. The third-order valence-electron chi connectivity index (χ3n) is 2.13. The summed E-state index contributed by atoms with van der Waals surface area (Å²) in [7, 11) is 0. The summed E-state index contributed by atoms with van der Waals surface area (Å²) in [4.78, 5) is 15.1. The van der Waals surface area contributed by atoms with Crippen LogP contribution < -0.4 is 0 Å². The zero-order chi connectivity index (χ0) is 14.4. The molecule has 1 aromatic carbocycles. The SMILES string of the molecule is O=C(O)COCc1nc(CSc2cccc(F)c2)no1. The molecule has 8 heteroatoms. The topological polar surface area (TPSA) is 85.5 Å². The maximum absolute atomic E-state index is 13.0. The predicted octanol–water partition coefficient (Wildman–Crippen LogP) is 2.10. The minimum atomic E-state index is -1.06. The van der Waals surface area contributed by atoms with E-state index in [4.69, 9.17) is 14.4 Å². The standard InChI is InChI=1S/C12H11FN2O4S/c13-8-2-1-3-9(4-8)20-7-10-14-11(19-15-10)5-18-6-12(16)17/h1-4H,5-7H2,(H,16,17).